The van der Waals surface area contributed by atoms with Crippen LogP contribution in [0.3, 0.4) is 0 Å². The largest absolute Gasteiger partial charge is 0.456 e. The number of amides is 2. The lowest BCUT2D eigenvalue weighted by molar-refractivity contribution is -0.147. The number of carbonyl (C=O) groups excluding carboxylic acids is 3. The van der Waals surface area contributed by atoms with Gasteiger partial charge < -0.3 is 19.9 Å². The van der Waals surface area contributed by atoms with E-state index in [0.29, 0.717) is 23.1 Å². The van der Waals surface area contributed by atoms with Gasteiger partial charge in [-0.05, 0) is 29.6 Å². The third-order valence-electron chi connectivity index (χ3n) is 3.58. The number of carbonyl (C=O) groups is 3. The number of nitrogens with zero attached hydrogens (tertiary/aromatic N) is 2. The van der Waals surface area contributed by atoms with E-state index < -0.39 is 18.5 Å². The predicted octanol–water partition coefficient (Wildman–Crippen LogP) is 2.87. The standard InChI is InChI=1S/C19H18N4O5S/c1-12(24)20-13-4-2-5-14(10-13)21-16(25)11-27-18(26)8-7-17-22-19(23-28-17)15-6-3-9-29-15/h2-6,9-10H,7-8,11H2,1H3,(H,20,24)(H,21,25). The number of anilines is 2. The fraction of sp³-hybridized carbons (Fsp3) is 0.211. The minimum Gasteiger partial charge on any atom is -0.456 e. The molecule has 0 spiro atoms. The summed E-state index contributed by atoms with van der Waals surface area (Å²) in [7, 11) is 0. The minimum atomic E-state index is -0.553. The molecule has 9 nitrogen and oxygen atoms in total. The number of esters is 1. The smallest absolute Gasteiger partial charge is 0.306 e. The van der Waals surface area contributed by atoms with Gasteiger partial charge >= 0.3 is 5.97 Å². The van der Waals surface area contributed by atoms with E-state index >= 15 is 0 Å². The molecule has 0 aliphatic rings. The molecule has 2 aromatic heterocycles. The topological polar surface area (TPSA) is 123 Å². The van der Waals surface area contributed by atoms with Gasteiger partial charge in [0.05, 0.1) is 11.3 Å². The lowest BCUT2D eigenvalue weighted by Gasteiger charge is -2.08. The molecule has 0 aliphatic heterocycles. The third-order valence-corrected chi connectivity index (χ3v) is 4.45. The molecule has 0 radical (unpaired) electrons. The van der Waals surface area contributed by atoms with Gasteiger partial charge in [-0.2, -0.15) is 4.98 Å². The lowest BCUT2D eigenvalue weighted by atomic mass is 10.2. The van der Waals surface area contributed by atoms with Gasteiger partial charge in [-0.15, -0.1) is 11.3 Å². The Kier molecular flexibility index (Phi) is 6.69. The van der Waals surface area contributed by atoms with Crippen LogP contribution >= 0.6 is 11.3 Å². The Balaban J connectivity index is 1.41. The number of ether oxygens (including phenoxy) is 1. The minimum absolute atomic E-state index is 0.0113. The second kappa shape index (κ2) is 9.60. The highest BCUT2D eigenvalue weighted by molar-refractivity contribution is 7.13. The monoisotopic (exact) mass is 414 g/mol. The molecule has 2 N–H and O–H groups in total. The summed E-state index contributed by atoms with van der Waals surface area (Å²) >= 11 is 1.49. The van der Waals surface area contributed by atoms with Crippen molar-refractivity contribution in [1.82, 2.24) is 10.1 Å². The molecule has 0 saturated heterocycles. The SMILES string of the molecule is CC(=O)Nc1cccc(NC(=O)COC(=O)CCc2nc(-c3cccs3)no2)c1. The van der Waals surface area contributed by atoms with Crippen molar-refractivity contribution in [3.8, 4) is 10.7 Å². The average Bonchev–Trinajstić information content (AvgIpc) is 3.36. The summed E-state index contributed by atoms with van der Waals surface area (Å²) in [6.45, 7) is 0.968. The molecule has 1 aromatic carbocycles. The molecule has 0 aliphatic carbocycles. The number of aromatic nitrogens is 2. The fourth-order valence-electron chi connectivity index (χ4n) is 2.36. The Morgan fingerprint density at radius 3 is 2.66 bits per heavy atom. The number of rotatable bonds is 8. The van der Waals surface area contributed by atoms with Crippen molar-refractivity contribution in [2.75, 3.05) is 17.2 Å². The van der Waals surface area contributed by atoms with Crippen LogP contribution in [0.2, 0.25) is 0 Å². The lowest BCUT2D eigenvalue weighted by Crippen LogP contribution is -2.21. The highest BCUT2D eigenvalue weighted by Gasteiger charge is 2.13. The van der Waals surface area contributed by atoms with Crippen LogP contribution in [0.5, 0.6) is 0 Å². The Morgan fingerprint density at radius 1 is 1.14 bits per heavy atom. The van der Waals surface area contributed by atoms with E-state index in [2.05, 4.69) is 20.8 Å². The normalized spacial score (nSPS) is 10.4. The van der Waals surface area contributed by atoms with Crippen molar-refractivity contribution < 1.29 is 23.6 Å². The molecule has 3 aromatic rings. The van der Waals surface area contributed by atoms with Crippen LogP contribution in [0.4, 0.5) is 11.4 Å². The number of hydrogen-bond donors (Lipinski definition) is 2. The molecule has 2 amide bonds. The quantitative estimate of drug-likeness (QED) is 0.543. The number of aryl methyl sites for hydroxylation is 1. The maximum absolute atomic E-state index is 11.9. The number of hydrogen-bond acceptors (Lipinski definition) is 8. The second-order valence-electron chi connectivity index (χ2n) is 5.96. The molecule has 0 atom stereocenters. The van der Waals surface area contributed by atoms with Crippen LogP contribution in [-0.2, 0) is 25.5 Å². The Morgan fingerprint density at radius 2 is 1.93 bits per heavy atom. The molecule has 29 heavy (non-hydrogen) atoms. The highest BCUT2D eigenvalue weighted by Crippen LogP contribution is 2.21. The van der Waals surface area contributed by atoms with Crippen LogP contribution in [0.15, 0.2) is 46.3 Å². The van der Waals surface area contributed by atoms with Crippen molar-refractivity contribution in [2.45, 2.75) is 19.8 Å². The Bertz CT molecular complexity index is 1000. The molecule has 150 valence electrons. The van der Waals surface area contributed by atoms with Gasteiger partial charge in [0.25, 0.3) is 5.91 Å². The summed E-state index contributed by atoms with van der Waals surface area (Å²) in [4.78, 5) is 40.0. The Labute approximate surface area is 170 Å². The Hall–Kier alpha value is -3.53. The molecule has 10 heteroatoms. The van der Waals surface area contributed by atoms with Crippen molar-refractivity contribution in [2.24, 2.45) is 0 Å². The van der Waals surface area contributed by atoms with E-state index in [1.54, 1.807) is 24.3 Å². The van der Waals surface area contributed by atoms with Crippen molar-refractivity contribution in [3.05, 3.63) is 47.7 Å². The van der Waals surface area contributed by atoms with E-state index in [4.69, 9.17) is 9.26 Å². The third kappa shape index (κ3) is 6.25. The van der Waals surface area contributed by atoms with E-state index in [9.17, 15) is 14.4 Å². The summed E-state index contributed by atoms with van der Waals surface area (Å²) in [6.07, 6.45) is 0.231. The van der Waals surface area contributed by atoms with Gasteiger partial charge in [0.2, 0.25) is 17.6 Å². The number of thiophene rings is 1. The predicted molar refractivity (Wildman–Crippen MR) is 106 cm³/mol. The van der Waals surface area contributed by atoms with Crippen LogP contribution in [0.25, 0.3) is 10.7 Å². The molecule has 0 unspecified atom stereocenters. The summed E-state index contributed by atoms with van der Waals surface area (Å²) < 4.78 is 10.1. The summed E-state index contributed by atoms with van der Waals surface area (Å²) in [5, 5.41) is 11.0. The average molecular weight is 414 g/mol. The fourth-order valence-corrected chi connectivity index (χ4v) is 3.01. The van der Waals surface area contributed by atoms with Crippen molar-refractivity contribution in [3.63, 3.8) is 0 Å². The summed E-state index contributed by atoms with van der Waals surface area (Å²) in [5.41, 5.74) is 1.03. The van der Waals surface area contributed by atoms with Crippen LogP contribution in [0, 0.1) is 0 Å². The van der Waals surface area contributed by atoms with E-state index in [-0.39, 0.29) is 18.7 Å². The summed E-state index contributed by atoms with van der Waals surface area (Å²) in [5.74, 6) is -0.459. The van der Waals surface area contributed by atoms with Gasteiger partial charge in [0, 0.05) is 24.7 Å². The molecule has 0 fully saturated rings. The first-order valence-electron chi connectivity index (χ1n) is 8.69. The number of benzene rings is 1. The van der Waals surface area contributed by atoms with Gasteiger partial charge in [-0.3, -0.25) is 14.4 Å². The molecule has 0 saturated carbocycles. The van der Waals surface area contributed by atoms with Crippen LogP contribution < -0.4 is 10.6 Å². The summed E-state index contributed by atoms with van der Waals surface area (Å²) in [6, 6.07) is 10.4. The highest BCUT2D eigenvalue weighted by atomic mass is 32.1. The first-order valence-corrected chi connectivity index (χ1v) is 9.57. The van der Waals surface area contributed by atoms with E-state index in [0.717, 1.165) is 4.88 Å². The first kappa shape index (κ1) is 20.2. The molecular formula is C19H18N4O5S. The zero-order valence-corrected chi connectivity index (χ0v) is 16.3. The van der Waals surface area contributed by atoms with Gasteiger partial charge in [-0.25, -0.2) is 0 Å². The maximum Gasteiger partial charge on any atom is 0.306 e. The molecular weight excluding hydrogens is 396 g/mol. The zero-order valence-electron chi connectivity index (χ0n) is 15.5. The number of nitrogens with one attached hydrogen (secondary N) is 2. The van der Waals surface area contributed by atoms with Crippen molar-refractivity contribution >= 4 is 40.5 Å². The molecule has 3 rings (SSSR count). The first-order chi connectivity index (χ1) is 14.0. The second-order valence-corrected chi connectivity index (χ2v) is 6.91. The maximum atomic E-state index is 11.9. The van der Waals surface area contributed by atoms with Crippen LogP contribution in [-0.4, -0.2) is 34.5 Å². The molecule has 0 bridgehead atoms. The van der Waals surface area contributed by atoms with Gasteiger partial charge in [0.15, 0.2) is 6.61 Å². The van der Waals surface area contributed by atoms with Gasteiger partial charge in [0.1, 0.15) is 0 Å². The van der Waals surface area contributed by atoms with Crippen LogP contribution in [0.1, 0.15) is 19.2 Å². The van der Waals surface area contributed by atoms with E-state index in [1.807, 2.05) is 17.5 Å². The zero-order chi connectivity index (χ0) is 20.6. The van der Waals surface area contributed by atoms with E-state index in [1.165, 1.54) is 18.3 Å². The molecule has 2 heterocycles. The van der Waals surface area contributed by atoms with Crippen molar-refractivity contribution in [1.29, 1.82) is 0 Å². The van der Waals surface area contributed by atoms with Gasteiger partial charge in [-0.1, -0.05) is 17.3 Å².